The van der Waals surface area contributed by atoms with E-state index in [0.717, 1.165) is 26.1 Å². The van der Waals surface area contributed by atoms with Gasteiger partial charge in [0.05, 0.1) is 0 Å². The number of nitrogens with zero attached hydrogens (tertiary/aromatic N) is 1. The van der Waals surface area contributed by atoms with E-state index in [2.05, 4.69) is 36.3 Å². The largest absolute Gasteiger partial charge is 0.355 e. The van der Waals surface area contributed by atoms with E-state index in [9.17, 15) is 4.79 Å². The number of carbonyl (C=O) groups excluding carboxylic acids is 1. The number of amides is 1. The van der Waals surface area contributed by atoms with Crippen LogP contribution in [-0.4, -0.2) is 42.7 Å². The highest BCUT2D eigenvalue weighted by molar-refractivity contribution is 7.80. The summed E-state index contributed by atoms with van der Waals surface area (Å²) in [5.41, 5.74) is 0. The molecule has 0 aliphatic rings. The fourth-order valence-electron chi connectivity index (χ4n) is 2.80. The second-order valence-electron chi connectivity index (χ2n) is 6.57. The Hall–Kier alpha value is -0.480. The molecule has 1 amide bonds. The number of unbranched alkanes of at least 4 members (excludes halogenated alkanes) is 8. The molecule has 0 fully saturated rings. The van der Waals surface area contributed by atoms with Gasteiger partial charge in [0.25, 0.3) is 0 Å². The predicted octanol–water partition coefficient (Wildman–Crippen LogP) is 4.83. The lowest BCUT2D eigenvalue weighted by atomic mass is 10.1. The topological polar surface area (TPSA) is 32.3 Å². The van der Waals surface area contributed by atoms with Crippen LogP contribution in [0.15, 0.2) is 12.7 Å². The van der Waals surface area contributed by atoms with Crippen LogP contribution < -0.4 is 5.32 Å². The van der Waals surface area contributed by atoms with Gasteiger partial charge in [0, 0.05) is 31.8 Å². The van der Waals surface area contributed by atoms with Crippen molar-refractivity contribution in [1.82, 2.24) is 10.2 Å². The van der Waals surface area contributed by atoms with Crippen LogP contribution in [0.2, 0.25) is 0 Å². The highest BCUT2D eigenvalue weighted by Gasteiger charge is 2.07. The molecule has 0 rings (SSSR count). The van der Waals surface area contributed by atoms with Crippen molar-refractivity contribution in [2.24, 2.45) is 0 Å². The van der Waals surface area contributed by atoms with Crippen molar-refractivity contribution in [2.45, 2.75) is 77.6 Å². The zero-order valence-electron chi connectivity index (χ0n) is 15.9. The van der Waals surface area contributed by atoms with E-state index < -0.39 is 0 Å². The number of carbonyl (C=O) groups is 1. The van der Waals surface area contributed by atoms with Crippen LogP contribution in [0.4, 0.5) is 0 Å². The summed E-state index contributed by atoms with van der Waals surface area (Å²) in [7, 11) is 0. The molecule has 0 saturated carbocycles. The molecule has 1 N–H and O–H groups in total. The number of rotatable bonds is 18. The first kappa shape index (κ1) is 23.5. The Morgan fingerprint density at radius 2 is 1.62 bits per heavy atom. The van der Waals surface area contributed by atoms with Crippen LogP contribution in [0.25, 0.3) is 0 Å². The normalized spacial score (nSPS) is 11.0. The van der Waals surface area contributed by atoms with Gasteiger partial charge in [-0.25, -0.2) is 0 Å². The molecule has 0 unspecified atom stereocenters. The molecule has 0 aromatic carbocycles. The first-order chi connectivity index (χ1) is 11.7. The van der Waals surface area contributed by atoms with Crippen molar-refractivity contribution >= 4 is 18.5 Å². The van der Waals surface area contributed by atoms with Crippen LogP contribution in [-0.2, 0) is 4.79 Å². The summed E-state index contributed by atoms with van der Waals surface area (Å²) in [4.78, 5) is 14.1. The standard InChI is InChI=1S/C20H40N2OS/c1-3-5-7-8-9-10-11-12-13-17-22(16-6-4-2)18-14-20(23)21-15-19-24/h4,24H,2-3,5-19H2,1H3,(H,21,23). The van der Waals surface area contributed by atoms with Crippen LogP contribution in [0.3, 0.4) is 0 Å². The molecule has 0 atom stereocenters. The van der Waals surface area contributed by atoms with Crippen molar-refractivity contribution < 1.29 is 4.79 Å². The first-order valence-electron chi connectivity index (χ1n) is 9.95. The Labute approximate surface area is 156 Å². The molecule has 0 bridgehead atoms. The molecule has 3 nitrogen and oxygen atoms in total. The summed E-state index contributed by atoms with van der Waals surface area (Å²) in [5.74, 6) is 0.837. The lowest BCUT2D eigenvalue weighted by molar-refractivity contribution is -0.121. The molecule has 24 heavy (non-hydrogen) atoms. The van der Waals surface area contributed by atoms with Crippen molar-refractivity contribution in [1.29, 1.82) is 0 Å². The third-order valence-corrected chi connectivity index (χ3v) is 4.54. The van der Waals surface area contributed by atoms with E-state index in [4.69, 9.17) is 0 Å². The van der Waals surface area contributed by atoms with Crippen LogP contribution in [0.1, 0.15) is 77.6 Å². The number of hydrogen-bond donors (Lipinski definition) is 2. The summed E-state index contributed by atoms with van der Waals surface area (Å²) in [5, 5.41) is 2.89. The van der Waals surface area contributed by atoms with Gasteiger partial charge in [0.1, 0.15) is 0 Å². The summed E-state index contributed by atoms with van der Waals surface area (Å²) >= 11 is 4.11. The van der Waals surface area contributed by atoms with E-state index in [1.807, 2.05) is 6.08 Å². The van der Waals surface area contributed by atoms with Gasteiger partial charge in [-0.1, -0.05) is 64.4 Å². The van der Waals surface area contributed by atoms with Gasteiger partial charge >= 0.3 is 0 Å². The summed E-state index contributed by atoms with van der Waals surface area (Å²) in [6, 6.07) is 0. The zero-order valence-corrected chi connectivity index (χ0v) is 16.8. The van der Waals surface area contributed by atoms with E-state index in [0.29, 0.717) is 18.7 Å². The Bertz CT molecular complexity index is 297. The van der Waals surface area contributed by atoms with Crippen LogP contribution in [0.5, 0.6) is 0 Å². The van der Waals surface area contributed by atoms with Crippen LogP contribution >= 0.6 is 12.6 Å². The number of thiol groups is 1. The molecule has 0 saturated heterocycles. The highest BCUT2D eigenvalue weighted by Crippen LogP contribution is 2.10. The van der Waals surface area contributed by atoms with Crippen molar-refractivity contribution in [3.8, 4) is 0 Å². The minimum absolute atomic E-state index is 0.139. The third-order valence-electron chi connectivity index (χ3n) is 4.32. The van der Waals surface area contributed by atoms with E-state index in [1.54, 1.807) is 0 Å². The summed E-state index contributed by atoms with van der Waals surface area (Å²) in [6.45, 7) is 9.70. The lowest BCUT2D eigenvalue weighted by Gasteiger charge is -2.21. The maximum atomic E-state index is 11.7. The lowest BCUT2D eigenvalue weighted by Crippen LogP contribution is -2.32. The van der Waals surface area contributed by atoms with Crippen molar-refractivity contribution in [3.63, 3.8) is 0 Å². The highest BCUT2D eigenvalue weighted by atomic mass is 32.1. The van der Waals surface area contributed by atoms with Gasteiger partial charge < -0.3 is 10.2 Å². The second kappa shape index (κ2) is 18.9. The van der Waals surface area contributed by atoms with Gasteiger partial charge in [-0.2, -0.15) is 12.6 Å². The van der Waals surface area contributed by atoms with Crippen LogP contribution in [0, 0.1) is 0 Å². The van der Waals surface area contributed by atoms with E-state index in [1.165, 1.54) is 57.8 Å². The molecule has 0 aromatic heterocycles. The minimum Gasteiger partial charge on any atom is -0.355 e. The van der Waals surface area contributed by atoms with E-state index >= 15 is 0 Å². The summed E-state index contributed by atoms with van der Waals surface area (Å²) < 4.78 is 0. The molecule has 142 valence electrons. The second-order valence-corrected chi connectivity index (χ2v) is 7.02. The molecule has 0 spiro atoms. The number of hydrogen-bond acceptors (Lipinski definition) is 3. The van der Waals surface area contributed by atoms with Gasteiger partial charge in [-0.3, -0.25) is 4.79 Å². The molecule has 0 aliphatic heterocycles. The fraction of sp³-hybridized carbons (Fsp3) is 0.850. The van der Waals surface area contributed by atoms with Gasteiger partial charge in [-0.05, 0) is 19.4 Å². The third kappa shape index (κ3) is 16.4. The predicted molar refractivity (Wildman–Crippen MR) is 110 cm³/mol. The Morgan fingerprint density at radius 3 is 2.21 bits per heavy atom. The Morgan fingerprint density at radius 1 is 1.00 bits per heavy atom. The zero-order chi connectivity index (χ0) is 17.9. The molecular formula is C20H40N2OS. The van der Waals surface area contributed by atoms with Gasteiger partial charge in [0.15, 0.2) is 0 Å². The molecule has 0 aromatic rings. The van der Waals surface area contributed by atoms with Crippen molar-refractivity contribution in [2.75, 3.05) is 31.9 Å². The molecule has 4 heteroatoms. The van der Waals surface area contributed by atoms with Gasteiger partial charge in [0.2, 0.25) is 5.91 Å². The quantitative estimate of drug-likeness (QED) is 0.209. The molecule has 0 radical (unpaired) electrons. The average Bonchev–Trinajstić information content (AvgIpc) is 2.60. The SMILES string of the molecule is C=CCCN(CCCCCCCCCCC)CCC(=O)NCCS. The molecular weight excluding hydrogens is 316 g/mol. The first-order valence-corrected chi connectivity index (χ1v) is 10.6. The Balaban J connectivity index is 3.70. The van der Waals surface area contributed by atoms with Crippen molar-refractivity contribution in [3.05, 3.63) is 12.7 Å². The minimum atomic E-state index is 0.139. The van der Waals surface area contributed by atoms with Gasteiger partial charge in [-0.15, -0.1) is 6.58 Å². The fourth-order valence-corrected chi connectivity index (χ4v) is 2.91. The smallest absolute Gasteiger partial charge is 0.221 e. The van der Waals surface area contributed by atoms with E-state index in [-0.39, 0.29) is 5.91 Å². The summed E-state index contributed by atoms with van der Waals surface area (Å²) in [6.07, 6.45) is 15.7. The molecule has 0 aliphatic carbocycles. The average molecular weight is 357 g/mol. The molecule has 0 heterocycles. The Kier molecular flexibility index (Phi) is 18.5. The monoisotopic (exact) mass is 356 g/mol. The maximum Gasteiger partial charge on any atom is 0.221 e. The number of nitrogens with one attached hydrogen (secondary N) is 1. The maximum absolute atomic E-state index is 11.7.